The van der Waals surface area contributed by atoms with Crippen molar-refractivity contribution in [1.29, 1.82) is 0 Å². The third kappa shape index (κ3) is 3.49. The zero-order chi connectivity index (χ0) is 16.9. The molecule has 2 aromatic carbocycles. The maximum atomic E-state index is 12.0. The normalized spacial score (nSPS) is 15.9. The van der Waals surface area contributed by atoms with Crippen molar-refractivity contribution in [3.05, 3.63) is 64.2 Å². The lowest BCUT2D eigenvalue weighted by Gasteiger charge is -2.24. The largest absolute Gasteiger partial charge is 0.485 e. The van der Waals surface area contributed by atoms with Crippen LogP contribution in [-0.4, -0.2) is 29.8 Å². The summed E-state index contributed by atoms with van der Waals surface area (Å²) in [4.78, 5) is 22.1. The summed E-state index contributed by atoms with van der Waals surface area (Å²) >= 11 is 0. The topological polar surface area (TPSA) is 103 Å². The third-order valence-corrected chi connectivity index (χ3v) is 3.29. The van der Waals surface area contributed by atoms with Crippen LogP contribution in [0.15, 0.2) is 53.6 Å². The van der Waals surface area contributed by atoms with Crippen molar-refractivity contribution >= 4 is 17.8 Å². The number of amides is 1. The summed E-state index contributed by atoms with van der Waals surface area (Å²) in [7, 11) is 0. The minimum Gasteiger partial charge on any atom is -0.485 e. The SMILES string of the molecule is O=C(N/N=C/c1ccc([N+](=O)[O-])cc1)[C@@H]1COc2ccccc2O1. The van der Waals surface area contributed by atoms with E-state index >= 15 is 0 Å². The minimum atomic E-state index is -0.797. The van der Waals surface area contributed by atoms with Crippen molar-refractivity contribution in [1.82, 2.24) is 5.43 Å². The Bertz CT molecular complexity index is 789. The number of nitrogens with one attached hydrogen (secondary N) is 1. The number of hydrazone groups is 1. The van der Waals surface area contributed by atoms with Gasteiger partial charge in [0.25, 0.3) is 11.6 Å². The van der Waals surface area contributed by atoms with Crippen LogP contribution in [-0.2, 0) is 4.79 Å². The predicted octanol–water partition coefficient (Wildman–Crippen LogP) is 1.88. The highest BCUT2D eigenvalue weighted by Gasteiger charge is 2.26. The maximum Gasteiger partial charge on any atom is 0.284 e. The first-order valence-corrected chi connectivity index (χ1v) is 7.09. The standard InChI is InChI=1S/C16H13N3O5/c20-16(15-10-23-13-3-1-2-4-14(13)24-15)18-17-9-11-5-7-12(8-6-11)19(21)22/h1-9,15H,10H2,(H,18,20)/b17-9+/t15-/m0/s1. The van der Waals surface area contributed by atoms with Gasteiger partial charge in [0.2, 0.25) is 6.10 Å². The molecule has 0 radical (unpaired) electrons. The minimum absolute atomic E-state index is 0.0115. The number of fused-ring (bicyclic) bond motifs is 1. The molecule has 24 heavy (non-hydrogen) atoms. The molecule has 0 spiro atoms. The van der Waals surface area contributed by atoms with Gasteiger partial charge in [-0.2, -0.15) is 5.10 Å². The maximum absolute atomic E-state index is 12.0. The number of benzene rings is 2. The van der Waals surface area contributed by atoms with Crippen molar-refractivity contribution in [3.8, 4) is 11.5 Å². The first-order valence-electron chi connectivity index (χ1n) is 7.09. The number of non-ortho nitro benzene ring substituents is 1. The lowest BCUT2D eigenvalue weighted by Crippen LogP contribution is -2.42. The van der Waals surface area contributed by atoms with Gasteiger partial charge in [0, 0.05) is 12.1 Å². The van der Waals surface area contributed by atoms with E-state index in [1.165, 1.54) is 30.5 Å². The lowest BCUT2D eigenvalue weighted by molar-refractivity contribution is -0.384. The van der Waals surface area contributed by atoms with Gasteiger partial charge in [-0.1, -0.05) is 12.1 Å². The lowest BCUT2D eigenvalue weighted by atomic mass is 10.2. The molecule has 3 rings (SSSR count). The number of nitrogens with zero attached hydrogens (tertiary/aromatic N) is 2. The molecule has 1 aliphatic rings. The van der Waals surface area contributed by atoms with Crippen molar-refractivity contribution in [2.24, 2.45) is 5.10 Å². The Kier molecular flexibility index (Phi) is 4.37. The Morgan fingerprint density at radius 1 is 1.21 bits per heavy atom. The highest BCUT2D eigenvalue weighted by molar-refractivity contribution is 5.85. The van der Waals surface area contributed by atoms with Gasteiger partial charge in [0.1, 0.15) is 6.61 Å². The molecule has 0 aromatic heterocycles. The molecule has 8 nitrogen and oxygen atoms in total. The third-order valence-electron chi connectivity index (χ3n) is 3.29. The van der Waals surface area contributed by atoms with Crippen LogP contribution in [0.4, 0.5) is 5.69 Å². The van der Waals surface area contributed by atoms with Crippen LogP contribution >= 0.6 is 0 Å². The van der Waals surface area contributed by atoms with Crippen LogP contribution < -0.4 is 14.9 Å². The molecular weight excluding hydrogens is 314 g/mol. The van der Waals surface area contributed by atoms with Crippen LogP contribution in [0.2, 0.25) is 0 Å². The van der Waals surface area contributed by atoms with E-state index in [1.54, 1.807) is 18.2 Å². The fourth-order valence-corrected chi connectivity index (χ4v) is 2.07. The summed E-state index contributed by atoms with van der Waals surface area (Å²) in [5.41, 5.74) is 2.97. The fraction of sp³-hybridized carbons (Fsp3) is 0.125. The van der Waals surface area contributed by atoms with Gasteiger partial charge in [-0.05, 0) is 29.8 Å². The molecule has 0 saturated carbocycles. The summed E-state index contributed by atoms with van der Waals surface area (Å²) in [6, 6.07) is 12.9. The van der Waals surface area contributed by atoms with Gasteiger partial charge in [-0.15, -0.1) is 0 Å². The predicted molar refractivity (Wildman–Crippen MR) is 85.2 cm³/mol. The number of para-hydroxylation sites is 2. The van der Waals surface area contributed by atoms with E-state index in [9.17, 15) is 14.9 Å². The smallest absolute Gasteiger partial charge is 0.284 e. The number of ether oxygens (including phenoxy) is 2. The molecular formula is C16H13N3O5. The van der Waals surface area contributed by atoms with E-state index in [4.69, 9.17) is 9.47 Å². The quantitative estimate of drug-likeness (QED) is 0.525. The molecule has 0 bridgehead atoms. The molecule has 1 N–H and O–H groups in total. The Morgan fingerprint density at radius 2 is 1.92 bits per heavy atom. The molecule has 8 heteroatoms. The molecule has 0 fully saturated rings. The second-order valence-corrected chi connectivity index (χ2v) is 4.95. The molecule has 1 heterocycles. The number of hydrogen-bond donors (Lipinski definition) is 1. The number of hydrogen-bond acceptors (Lipinski definition) is 6. The van der Waals surface area contributed by atoms with Gasteiger partial charge >= 0.3 is 0 Å². The number of rotatable bonds is 4. The highest BCUT2D eigenvalue weighted by atomic mass is 16.6. The summed E-state index contributed by atoms with van der Waals surface area (Å²) in [6.07, 6.45) is 0.591. The van der Waals surface area contributed by atoms with Gasteiger partial charge in [0.15, 0.2) is 11.5 Å². The Balaban J connectivity index is 1.57. The van der Waals surface area contributed by atoms with E-state index in [0.29, 0.717) is 17.1 Å². The second-order valence-electron chi connectivity index (χ2n) is 4.95. The van der Waals surface area contributed by atoms with E-state index in [-0.39, 0.29) is 12.3 Å². The summed E-state index contributed by atoms with van der Waals surface area (Å²) < 4.78 is 11.0. The van der Waals surface area contributed by atoms with Gasteiger partial charge < -0.3 is 9.47 Å². The molecule has 0 aliphatic carbocycles. The van der Waals surface area contributed by atoms with Crippen molar-refractivity contribution in [3.63, 3.8) is 0 Å². The first-order chi connectivity index (χ1) is 11.6. The van der Waals surface area contributed by atoms with Crippen molar-refractivity contribution in [2.45, 2.75) is 6.10 Å². The zero-order valence-corrected chi connectivity index (χ0v) is 12.4. The van der Waals surface area contributed by atoms with Gasteiger partial charge in [-0.25, -0.2) is 5.43 Å². The van der Waals surface area contributed by atoms with Crippen LogP contribution in [0.3, 0.4) is 0 Å². The number of carbonyl (C=O) groups excluding carboxylic acids is 1. The molecule has 1 aliphatic heterocycles. The van der Waals surface area contributed by atoms with Crippen LogP contribution in [0, 0.1) is 10.1 Å². The highest BCUT2D eigenvalue weighted by Crippen LogP contribution is 2.30. The molecule has 0 saturated heterocycles. The molecule has 0 unspecified atom stereocenters. The zero-order valence-electron chi connectivity index (χ0n) is 12.4. The molecule has 1 amide bonds. The van der Waals surface area contributed by atoms with Gasteiger partial charge in [0.05, 0.1) is 11.1 Å². The summed E-state index contributed by atoms with van der Waals surface area (Å²) in [6.45, 7) is 0.0932. The van der Waals surface area contributed by atoms with Crippen molar-refractivity contribution in [2.75, 3.05) is 6.61 Å². The molecule has 122 valence electrons. The summed E-state index contributed by atoms with van der Waals surface area (Å²) in [5.74, 6) is 0.654. The van der Waals surface area contributed by atoms with Crippen LogP contribution in [0.25, 0.3) is 0 Å². The average molecular weight is 327 g/mol. The average Bonchev–Trinajstić information content (AvgIpc) is 2.61. The molecule has 2 aromatic rings. The summed E-state index contributed by atoms with van der Waals surface area (Å²) in [5, 5.41) is 14.4. The Labute approximate surface area is 136 Å². The molecule has 1 atom stereocenters. The monoisotopic (exact) mass is 327 g/mol. The number of carbonyl (C=O) groups is 1. The van der Waals surface area contributed by atoms with Crippen LogP contribution in [0.1, 0.15) is 5.56 Å². The first kappa shape index (κ1) is 15.5. The van der Waals surface area contributed by atoms with Crippen LogP contribution in [0.5, 0.6) is 11.5 Å². The second kappa shape index (κ2) is 6.78. The number of nitro benzene ring substituents is 1. The van der Waals surface area contributed by atoms with Crippen molar-refractivity contribution < 1.29 is 19.2 Å². The fourth-order valence-electron chi connectivity index (χ4n) is 2.07. The van der Waals surface area contributed by atoms with Gasteiger partial charge in [-0.3, -0.25) is 14.9 Å². The Hall–Kier alpha value is -3.42. The van der Waals surface area contributed by atoms with E-state index < -0.39 is 16.9 Å². The number of nitro groups is 1. The van der Waals surface area contributed by atoms with E-state index in [2.05, 4.69) is 10.5 Å². The Morgan fingerprint density at radius 3 is 2.62 bits per heavy atom. The van der Waals surface area contributed by atoms with E-state index in [0.717, 1.165) is 0 Å². The van der Waals surface area contributed by atoms with E-state index in [1.807, 2.05) is 6.07 Å².